The van der Waals surface area contributed by atoms with Crippen molar-refractivity contribution in [1.82, 2.24) is 4.98 Å². The minimum Gasteiger partial charge on any atom is -0.396 e. The van der Waals surface area contributed by atoms with Gasteiger partial charge >= 0.3 is 0 Å². The molecule has 0 atom stereocenters. The van der Waals surface area contributed by atoms with E-state index < -0.39 is 11.7 Å². The predicted octanol–water partition coefficient (Wildman–Crippen LogP) is 2.82. The van der Waals surface area contributed by atoms with Crippen molar-refractivity contribution in [2.45, 2.75) is 0 Å². The lowest BCUT2D eigenvalue weighted by atomic mass is 10.1. The van der Waals surface area contributed by atoms with E-state index in [0.29, 0.717) is 10.3 Å². The fourth-order valence-corrected chi connectivity index (χ4v) is 1.74. The zero-order valence-corrected chi connectivity index (χ0v) is 10.7. The molecular weight excluding hydrogens is 301 g/mol. The van der Waals surface area contributed by atoms with E-state index in [1.807, 2.05) is 0 Å². The number of amides is 1. The molecule has 6 heteroatoms. The van der Waals surface area contributed by atoms with Crippen LogP contribution < -0.4 is 11.1 Å². The summed E-state index contributed by atoms with van der Waals surface area (Å²) in [5, 5.41) is 2.55. The maximum absolute atomic E-state index is 13.2. The number of nitrogen functional groups attached to an aromatic ring is 1. The number of halogens is 2. The molecule has 0 bridgehead atoms. The van der Waals surface area contributed by atoms with Crippen LogP contribution in [0.5, 0.6) is 0 Å². The Morgan fingerprint density at radius 3 is 2.83 bits per heavy atom. The van der Waals surface area contributed by atoms with Crippen molar-refractivity contribution in [3.63, 3.8) is 0 Å². The molecule has 0 fully saturated rings. The van der Waals surface area contributed by atoms with Gasteiger partial charge in [-0.25, -0.2) is 9.37 Å². The van der Waals surface area contributed by atoms with Crippen LogP contribution in [0.1, 0.15) is 10.4 Å². The van der Waals surface area contributed by atoms with Gasteiger partial charge in [-0.3, -0.25) is 4.79 Å². The molecule has 1 aromatic heterocycles. The van der Waals surface area contributed by atoms with E-state index in [1.165, 1.54) is 24.4 Å². The largest absolute Gasteiger partial charge is 0.396 e. The summed E-state index contributed by atoms with van der Waals surface area (Å²) in [6.07, 6.45) is 1.54. The maximum atomic E-state index is 13.2. The number of carbonyl (C=O) groups excluding carboxylic acids is 1. The summed E-state index contributed by atoms with van der Waals surface area (Å²) < 4.78 is 13.9. The van der Waals surface area contributed by atoms with Crippen molar-refractivity contribution in [3.05, 3.63) is 52.4 Å². The van der Waals surface area contributed by atoms with Gasteiger partial charge in [0.05, 0.1) is 15.7 Å². The molecule has 0 saturated carbocycles. The monoisotopic (exact) mass is 309 g/mol. The first kappa shape index (κ1) is 12.5. The molecule has 18 heavy (non-hydrogen) atoms. The van der Waals surface area contributed by atoms with Crippen LogP contribution >= 0.6 is 15.9 Å². The molecule has 0 unspecified atom stereocenters. The van der Waals surface area contributed by atoms with Crippen LogP contribution in [0.4, 0.5) is 15.9 Å². The van der Waals surface area contributed by atoms with Gasteiger partial charge in [-0.15, -0.1) is 0 Å². The Morgan fingerprint density at radius 2 is 2.11 bits per heavy atom. The quantitative estimate of drug-likeness (QED) is 0.838. The molecule has 92 valence electrons. The van der Waals surface area contributed by atoms with E-state index in [4.69, 9.17) is 5.73 Å². The second-order valence-electron chi connectivity index (χ2n) is 3.49. The number of para-hydroxylation sites is 1. The number of hydrogen-bond acceptors (Lipinski definition) is 3. The number of anilines is 2. The summed E-state index contributed by atoms with van der Waals surface area (Å²) >= 11 is 3.25. The molecule has 4 nitrogen and oxygen atoms in total. The van der Waals surface area contributed by atoms with Crippen molar-refractivity contribution in [2.75, 3.05) is 11.1 Å². The normalized spacial score (nSPS) is 10.1. The number of aromatic nitrogens is 1. The summed E-state index contributed by atoms with van der Waals surface area (Å²) in [6, 6.07) is 7.52. The lowest BCUT2D eigenvalue weighted by Crippen LogP contribution is -2.15. The van der Waals surface area contributed by atoms with Crippen molar-refractivity contribution in [3.8, 4) is 0 Å². The van der Waals surface area contributed by atoms with Crippen LogP contribution in [-0.2, 0) is 0 Å². The van der Waals surface area contributed by atoms with Crippen molar-refractivity contribution >= 4 is 33.3 Å². The summed E-state index contributed by atoms with van der Waals surface area (Å²) in [7, 11) is 0. The number of nitrogens with one attached hydrogen (secondary N) is 1. The van der Waals surface area contributed by atoms with Gasteiger partial charge in [-0.1, -0.05) is 6.07 Å². The van der Waals surface area contributed by atoms with Crippen LogP contribution in [0.3, 0.4) is 0 Å². The summed E-state index contributed by atoms with van der Waals surface area (Å²) in [5.74, 6) is -0.778. The molecule has 0 radical (unpaired) electrons. The highest BCUT2D eigenvalue weighted by molar-refractivity contribution is 9.10. The van der Waals surface area contributed by atoms with Crippen LogP contribution in [0.2, 0.25) is 0 Å². The second-order valence-corrected chi connectivity index (χ2v) is 4.34. The molecule has 3 N–H and O–H groups in total. The van der Waals surface area contributed by atoms with E-state index in [9.17, 15) is 9.18 Å². The Labute approximate surface area is 111 Å². The third-order valence-corrected chi connectivity index (χ3v) is 2.93. The lowest BCUT2D eigenvalue weighted by Gasteiger charge is -2.08. The fourth-order valence-electron chi connectivity index (χ4n) is 1.39. The molecule has 2 rings (SSSR count). The number of nitrogens with two attached hydrogens (primary N) is 1. The molecule has 0 aliphatic carbocycles. The number of pyridine rings is 1. The Bertz CT molecular complexity index is 604. The Morgan fingerprint density at radius 1 is 1.33 bits per heavy atom. The highest BCUT2D eigenvalue weighted by Gasteiger charge is 2.14. The van der Waals surface area contributed by atoms with Gasteiger partial charge in [0.1, 0.15) is 11.6 Å². The van der Waals surface area contributed by atoms with E-state index >= 15 is 0 Å². The SMILES string of the molecule is Nc1c(F)cccc1C(=O)Nc1ncccc1Br. The molecule has 0 spiro atoms. The van der Waals surface area contributed by atoms with Gasteiger partial charge < -0.3 is 11.1 Å². The molecule has 0 aliphatic rings. The summed E-state index contributed by atoms with van der Waals surface area (Å²) in [6.45, 7) is 0. The Kier molecular flexibility index (Phi) is 3.57. The summed E-state index contributed by atoms with van der Waals surface area (Å²) in [4.78, 5) is 15.9. The van der Waals surface area contributed by atoms with E-state index in [0.717, 1.165) is 0 Å². The topological polar surface area (TPSA) is 68.0 Å². The highest BCUT2D eigenvalue weighted by Crippen LogP contribution is 2.21. The van der Waals surface area contributed by atoms with E-state index in [-0.39, 0.29) is 11.3 Å². The standard InChI is InChI=1S/C12H9BrFN3O/c13-8-4-2-6-16-11(8)17-12(18)7-3-1-5-9(14)10(7)15/h1-6H,15H2,(H,16,17,18). The lowest BCUT2D eigenvalue weighted by molar-refractivity contribution is 0.102. The predicted molar refractivity (Wildman–Crippen MR) is 70.7 cm³/mol. The number of rotatable bonds is 2. The van der Waals surface area contributed by atoms with Gasteiger partial charge in [-0.2, -0.15) is 0 Å². The van der Waals surface area contributed by atoms with Gasteiger partial charge in [-0.05, 0) is 40.2 Å². The molecular formula is C12H9BrFN3O. The average molecular weight is 310 g/mol. The number of benzene rings is 1. The molecule has 1 heterocycles. The van der Waals surface area contributed by atoms with Crippen LogP contribution in [0.25, 0.3) is 0 Å². The van der Waals surface area contributed by atoms with Crippen molar-refractivity contribution in [1.29, 1.82) is 0 Å². The smallest absolute Gasteiger partial charge is 0.259 e. The maximum Gasteiger partial charge on any atom is 0.259 e. The number of hydrogen-bond donors (Lipinski definition) is 2. The minimum absolute atomic E-state index is 0.0764. The first-order chi connectivity index (χ1) is 8.59. The Balaban J connectivity index is 2.28. The molecule has 2 aromatic rings. The van der Waals surface area contributed by atoms with Gasteiger partial charge in [0, 0.05) is 6.20 Å². The molecule has 0 saturated heterocycles. The van der Waals surface area contributed by atoms with Gasteiger partial charge in [0.15, 0.2) is 0 Å². The second kappa shape index (κ2) is 5.14. The van der Waals surface area contributed by atoms with E-state index in [1.54, 1.807) is 12.1 Å². The highest BCUT2D eigenvalue weighted by atomic mass is 79.9. The van der Waals surface area contributed by atoms with Crippen LogP contribution in [0, 0.1) is 5.82 Å². The fraction of sp³-hybridized carbons (Fsp3) is 0. The van der Waals surface area contributed by atoms with Crippen molar-refractivity contribution < 1.29 is 9.18 Å². The third kappa shape index (κ3) is 2.48. The minimum atomic E-state index is -0.622. The molecule has 1 amide bonds. The Hall–Kier alpha value is -1.95. The van der Waals surface area contributed by atoms with Crippen LogP contribution in [-0.4, -0.2) is 10.9 Å². The third-order valence-electron chi connectivity index (χ3n) is 2.29. The first-order valence-corrected chi connectivity index (χ1v) is 5.84. The van der Waals surface area contributed by atoms with Gasteiger partial charge in [0.25, 0.3) is 5.91 Å². The van der Waals surface area contributed by atoms with Gasteiger partial charge in [0.2, 0.25) is 0 Å². The summed E-state index contributed by atoms with van der Waals surface area (Å²) in [5.41, 5.74) is 5.41. The average Bonchev–Trinajstić information content (AvgIpc) is 2.35. The van der Waals surface area contributed by atoms with E-state index in [2.05, 4.69) is 26.2 Å². The molecule has 0 aliphatic heterocycles. The number of carbonyl (C=O) groups is 1. The number of nitrogens with zero attached hydrogens (tertiary/aromatic N) is 1. The molecule has 1 aromatic carbocycles. The zero-order chi connectivity index (χ0) is 13.1. The van der Waals surface area contributed by atoms with Crippen LogP contribution in [0.15, 0.2) is 41.0 Å². The zero-order valence-electron chi connectivity index (χ0n) is 9.15. The first-order valence-electron chi connectivity index (χ1n) is 5.05. The van der Waals surface area contributed by atoms with Crippen molar-refractivity contribution in [2.24, 2.45) is 0 Å².